The monoisotopic (exact) mass is 395 g/mol. The summed E-state index contributed by atoms with van der Waals surface area (Å²) in [5.74, 6) is 0.870. The minimum absolute atomic E-state index is 0.870. The lowest BCUT2D eigenvalue weighted by atomic mass is 10.2. The number of thiophene rings is 1. The second-order valence-corrected chi connectivity index (χ2v) is 8.41. The van der Waals surface area contributed by atoms with Crippen molar-refractivity contribution < 1.29 is 0 Å². The molecule has 7 heteroatoms. The Balaban J connectivity index is 1.38. The van der Waals surface area contributed by atoms with Crippen LogP contribution >= 0.6 is 23.1 Å². The Hall–Kier alpha value is -2.38. The summed E-state index contributed by atoms with van der Waals surface area (Å²) in [5.41, 5.74) is 4.54. The number of hydrogen-bond acceptors (Lipinski definition) is 5. The van der Waals surface area contributed by atoms with Gasteiger partial charge in [0.15, 0.2) is 5.16 Å². The Morgan fingerprint density at radius 2 is 1.96 bits per heavy atom. The normalized spacial score (nSPS) is 11.2. The zero-order valence-electron chi connectivity index (χ0n) is 15.4. The van der Waals surface area contributed by atoms with Crippen molar-refractivity contribution in [2.45, 2.75) is 37.7 Å². The van der Waals surface area contributed by atoms with Crippen molar-refractivity contribution >= 4 is 23.1 Å². The maximum absolute atomic E-state index is 4.54. The standard InChI is InChI=1S/C20H21N5S2/c1-15-12-16(2)25(23-15)18-7-5-17(6-8-18)13-27-20-22-21-14-24(20)10-9-19-4-3-11-26-19/h3-8,11-12,14H,9-10,13H2,1-2H3. The van der Waals surface area contributed by atoms with Crippen molar-refractivity contribution in [1.82, 2.24) is 24.5 Å². The quantitative estimate of drug-likeness (QED) is 0.426. The lowest BCUT2D eigenvalue weighted by molar-refractivity contribution is 0.637. The Kier molecular flexibility index (Phi) is 5.40. The zero-order valence-corrected chi connectivity index (χ0v) is 17.0. The van der Waals surface area contributed by atoms with E-state index >= 15 is 0 Å². The molecule has 27 heavy (non-hydrogen) atoms. The summed E-state index contributed by atoms with van der Waals surface area (Å²) in [6.45, 7) is 5.00. The van der Waals surface area contributed by atoms with Gasteiger partial charge in [0.25, 0.3) is 0 Å². The van der Waals surface area contributed by atoms with Gasteiger partial charge in [-0.25, -0.2) is 4.68 Å². The van der Waals surface area contributed by atoms with E-state index in [2.05, 4.69) is 74.6 Å². The Bertz CT molecular complexity index is 1000. The van der Waals surface area contributed by atoms with Crippen LogP contribution in [0.3, 0.4) is 0 Å². The van der Waals surface area contributed by atoms with Crippen LogP contribution in [0, 0.1) is 13.8 Å². The SMILES string of the molecule is Cc1cc(C)n(-c2ccc(CSc3nncn3CCc3cccs3)cc2)n1. The average molecular weight is 396 g/mol. The van der Waals surface area contributed by atoms with Crippen LogP contribution in [0.4, 0.5) is 0 Å². The molecule has 0 fully saturated rings. The van der Waals surface area contributed by atoms with Crippen LogP contribution in [0.5, 0.6) is 0 Å². The predicted octanol–water partition coefficient (Wildman–Crippen LogP) is 4.68. The number of hydrogen-bond donors (Lipinski definition) is 0. The van der Waals surface area contributed by atoms with Crippen molar-refractivity contribution in [3.63, 3.8) is 0 Å². The van der Waals surface area contributed by atoms with Gasteiger partial charge in [0.05, 0.1) is 11.4 Å². The molecule has 0 bridgehead atoms. The third-order valence-electron chi connectivity index (χ3n) is 4.32. The number of rotatable bonds is 7. The number of nitrogens with zero attached hydrogens (tertiary/aromatic N) is 5. The zero-order chi connectivity index (χ0) is 18.6. The molecule has 0 amide bonds. The van der Waals surface area contributed by atoms with Gasteiger partial charge in [-0.3, -0.25) is 0 Å². The molecular weight excluding hydrogens is 374 g/mol. The summed E-state index contributed by atoms with van der Waals surface area (Å²) in [6, 6.07) is 14.9. The predicted molar refractivity (Wildman–Crippen MR) is 111 cm³/mol. The van der Waals surface area contributed by atoms with Crippen LogP contribution in [0.25, 0.3) is 5.69 Å². The van der Waals surface area contributed by atoms with Crippen molar-refractivity contribution in [1.29, 1.82) is 0 Å². The molecule has 0 N–H and O–H groups in total. The smallest absolute Gasteiger partial charge is 0.191 e. The molecule has 138 valence electrons. The molecule has 5 nitrogen and oxygen atoms in total. The van der Waals surface area contributed by atoms with E-state index in [1.54, 1.807) is 23.1 Å². The van der Waals surface area contributed by atoms with Crippen molar-refractivity contribution in [2.24, 2.45) is 0 Å². The molecule has 0 saturated heterocycles. The summed E-state index contributed by atoms with van der Waals surface area (Å²) in [7, 11) is 0. The molecule has 3 aromatic heterocycles. The van der Waals surface area contributed by atoms with Gasteiger partial charge in [0, 0.05) is 22.9 Å². The second kappa shape index (κ2) is 8.10. The first-order valence-electron chi connectivity index (χ1n) is 8.84. The third kappa shape index (κ3) is 4.31. The fourth-order valence-electron chi connectivity index (χ4n) is 2.97. The minimum atomic E-state index is 0.870. The van der Waals surface area contributed by atoms with Gasteiger partial charge < -0.3 is 4.57 Å². The molecule has 0 atom stereocenters. The van der Waals surface area contributed by atoms with E-state index in [1.165, 1.54) is 10.4 Å². The van der Waals surface area contributed by atoms with Gasteiger partial charge in [0.1, 0.15) is 6.33 Å². The van der Waals surface area contributed by atoms with E-state index in [0.29, 0.717) is 0 Å². The van der Waals surface area contributed by atoms with E-state index in [9.17, 15) is 0 Å². The summed E-state index contributed by atoms with van der Waals surface area (Å²) in [4.78, 5) is 1.39. The van der Waals surface area contributed by atoms with E-state index in [4.69, 9.17) is 0 Å². The molecule has 1 aromatic carbocycles. The van der Waals surface area contributed by atoms with Gasteiger partial charge in [0.2, 0.25) is 0 Å². The van der Waals surface area contributed by atoms with E-state index in [1.807, 2.05) is 17.9 Å². The first-order valence-corrected chi connectivity index (χ1v) is 10.7. The first kappa shape index (κ1) is 18.0. The maximum atomic E-state index is 4.54. The van der Waals surface area contributed by atoms with Crippen LogP contribution in [0.1, 0.15) is 21.8 Å². The van der Waals surface area contributed by atoms with Gasteiger partial charge in [-0.15, -0.1) is 21.5 Å². The molecule has 0 saturated carbocycles. The summed E-state index contributed by atoms with van der Waals surface area (Å²) in [6.07, 6.45) is 2.84. The number of aryl methyl sites for hydroxylation is 4. The molecule has 0 aliphatic carbocycles. The highest BCUT2D eigenvalue weighted by Gasteiger charge is 2.07. The van der Waals surface area contributed by atoms with Gasteiger partial charge in [-0.1, -0.05) is 30.0 Å². The number of thioether (sulfide) groups is 1. The lowest BCUT2D eigenvalue weighted by Gasteiger charge is -2.07. The third-order valence-corrected chi connectivity index (χ3v) is 6.31. The summed E-state index contributed by atoms with van der Waals surface area (Å²) >= 11 is 3.52. The van der Waals surface area contributed by atoms with E-state index in [0.717, 1.165) is 41.0 Å². The van der Waals surface area contributed by atoms with Gasteiger partial charge >= 0.3 is 0 Å². The van der Waals surface area contributed by atoms with Crippen LogP contribution in [0.15, 0.2) is 59.3 Å². The van der Waals surface area contributed by atoms with Gasteiger partial charge in [-0.05, 0) is 55.5 Å². The van der Waals surface area contributed by atoms with Gasteiger partial charge in [-0.2, -0.15) is 5.10 Å². The maximum Gasteiger partial charge on any atom is 0.191 e. The minimum Gasteiger partial charge on any atom is -0.308 e. The molecule has 4 rings (SSSR count). The second-order valence-electron chi connectivity index (χ2n) is 6.43. The Morgan fingerprint density at radius 3 is 2.67 bits per heavy atom. The first-order chi connectivity index (χ1) is 13.2. The van der Waals surface area contributed by atoms with Crippen LogP contribution in [-0.4, -0.2) is 24.5 Å². The molecule has 0 unspecified atom stereocenters. The van der Waals surface area contributed by atoms with Crippen molar-refractivity contribution in [2.75, 3.05) is 0 Å². The molecule has 0 spiro atoms. The van der Waals surface area contributed by atoms with E-state index in [-0.39, 0.29) is 0 Å². The molecule has 0 aliphatic rings. The Morgan fingerprint density at radius 1 is 1.11 bits per heavy atom. The largest absolute Gasteiger partial charge is 0.308 e. The van der Waals surface area contributed by atoms with Crippen LogP contribution < -0.4 is 0 Å². The average Bonchev–Trinajstić information content (AvgIpc) is 3.40. The number of aromatic nitrogens is 5. The molecule has 0 radical (unpaired) electrons. The summed E-state index contributed by atoms with van der Waals surface area (Å²) < 4.78 is 4.11. The molecule has 3 heterocycles. The van der Waals surface area contributed by atoms with Crippen molar-refractivity contribution in [3.8, 4) is 5.69 Å². The van der Waals surface area contributed by atoms with Crippen LogP contribution in [-0.2, 0) is 18.7 Å². The molecule has 0 aliphatic heterocycles. The highest BCUT2D eigenvalue weighted by atomic mass is 32.2. The lowest BCUT2D eigenvalue weighted by Crippen LogP contribution is -2.01. The fourth-order valence-corrected chi connectivity index (χ4v) is 4.56. The number of benzene rings is 1. The topological polar surface area (TPSA) is 48.5 Å². The molecule has 4 aromatic rings. The highest BCUT2D eigenvalue weighted by molar-refractivity contribution is 7.98. The van der Waals surface area contributed by atoms with Crippen molar-refractivity contribution in [3.05, 3.63) is 76.0 Å². The molecular formula is C20H21N5S2. The fraction of sp³-hybridized carbons (Fsp3) is 0.250. The Labute approximate surface area is 167 Å². The van der Waals surface area contributed by atoms with Crippen LogP contribution in [0.2, 0.25) is 0 Å². The highest BCUT2D eigenvalue weighted by Crippen LogP contribution is 2.22. The van der Waals surface area contributed by atoms with E-state index < -0.39 is 0 Å². The summed E-state index contributed by atoms with van der Waals surface area (Å²) in [5, 5.41) is 16.0.